The summed E-state index contributed by atoms with van der Waals surface area (Å²) >= 11 is 0. The molecule has 0 unspecified atom stereocenters. The van der Waals surface area contributed by atoms with Crippen LogP contribution in [-0.4, -0.2) is 67.6 Å². The maximum Gasteiger partial charge on any atom is 0.415 e. The van der Waals surface area contributed by atoms with Crippen molar-refractivity contribution in [3.05, 3.63) is 65.7 Å². The van der Waals surface area contributed by atoms with Crippen molar-refractivity contribution in [3.63, 3.8) is 0 Å². The highest BCUT2D eigenvalue weighted by Gasteiger charge is 2.22. The van der Waals surface area contributed by atoms with Crippen LogP contribution in [0.15, 0.2) is 54.6 Å². The number of esters is 1. The van der Waals surface area contributed by atoms with E-state index in [1.54, 1.807) is 29.2 Å². The minimum absolute atomic E-state index is 0.0365. The molecule has 2 aromatic carbocycles. The van der Waals surface area contributed by atoms with Gasteiger partial charge in [-0.1, -0.05) is 30.3 Å². The number of methoxy groups -OCH3 is 1. The van der Waals surface area contributed by atoms with Crippen molar-refractivity contribution in [1.29, 1.82) is 0 Å². The van der Waals surface area contributed by atoms with Crippen molar-refractivity contribution in [3.8, 4) is 5.75 Å². The van der Waals surface area contributed by atoms with Crippen LogP contribution in [-0.2, 0) is 16.1 Å². The normalized spacial score (nSPS) is 14.4. The number of amides is 2. The lowest BCUT2D eigenvalue weighted by atomic mass is 10.2. The summed E-state index contributed by atoms with van der Waals surface area (Å²) in [7, 11) is 1.31. The third kappa shape index (κ3) is 6.82. The van der Waals surface area contributed by atoms with Crippen LogP contribution < -0.4 is 10.1 Å². The molecule has 0 radical (unpaired) electrons. The maximum atomic E-state index is 12.5. The van der Waals surface area contributed by atoms with Crippen LogP contribution in [0.4, 0.5) is 4.79 Å². The molecule has 3 rings (SSSR count). The number of carbonyl (C=O) groups is 3. The van der Waals surface area contributed by atoms with E-state index in [2.05, 4.69) is 10.1 Å². The summed E-state index contributed by atoms with van der Waals surface area (Å²) in [6.45, 7) is 3.16. The topological polar surface area (TPSA) is 88.2 Å². The quantitative estimate of drug-likeness (QED) is 0.715. The fourth-order valence-electron chi connectivity index (χ4n) is 3.31. The first-order valence-electron chi connectivity index (χ1n) is 10.2. The molecule has 1 aliphatic rings. The standard InChI is InChI=1S/C23H27N3O5/c1-30-22(28)19-8-10-20(11-9-19)31-23(29)26-13-5-12-25(14-15-26)17-21(27)24-16-18-6-3-2-4-7-18/h2-4,6-11H,5,12-17H2,1H3,(H,24,27). The number of hydrogen-bond acceptors (Lipinski definition) is 6. The molecular formula is C23H27N3O5. The summed E-state index contributed by atoms with van der Waals surface area (Å²) in [5.41, 5.74) is 1.44. The SMILES string of the molecule is COC(=O)c1ccc(OC(=O)N2CCCN(CC(=O)NCc3ccccc3)CC2)cc1. The Kier molecular flexibility index (Phi) is 8.00. The second-order valence-corrected chi connectivity index (χ2v) is 7.26. The molecule has 8 nitrogen and oxygen atoms in total. The number of ether oxygens (including phenoxy) is 2. The number of hydrogen-bond donors (Lipinski definition) is 1. The molecule has 1 fully saturated rings. The van der Waals surface area contributed by atoms with Crippen LogP contribution >= 0.6 is 0 Å². The molecule has 31 heavy (non-hydrogen) atoms. The van der Waals surface area contributed by atoms with E-state index in [9.17, 15) is 14.4 Å². The highest BCUT2D eigenvalue weighted by Crippen LogP contribution is 2.15. The van der Waals surface area contributed by atoms with Crippen LogP contribution in [0.3, 0.4) is 0 Å². The lowest BCUT2D eigenvalue weighted by Gasteiger charge is -2.21. The highest BCUT2D eigenvalue weighted by molar-refractivity contribution is 5.89. The molecule has 0 bridgehead atoms. The minimum atomic E-state index is -0.446. The van der Waals surface area contributed by atoms with E-state index in [1.165, 1.54) is 7.11 Å². The summed E-state index contributed by atoms with van der Waals surface area (Å²) in [4.78, 5) is 39.9. The average Bonchev–Trinajstić information content (AvgIpc) is 3.04. The van der Waals surface area contributed by atoms with Gasteiger partial charge in [-0.25, -0.2) is 9.59 Å². The molecule has 2 aromatic rings. The third-order valence-corrected chi connectivity index (χ3v) is 5.03. The Morgan fingerprint density at radius 3 is 2.39 bits per heavy atom. The van der Waals surface area contributed by atoms with Crippen LogP contribution in [0.1, 0.15) is 22.3 Å². The van der Waals surface area contributed by atoms with Gasteiger partial charge < -0.3 is 19.7 Å². The first-order valence-corrected chi connectivity index (χ1v) is 10.2. The van der Waals surface area contributed by atoms with Gasteiger partial charge in [0, 0.05) is 32.7 Å². The zero-order valence-corrected chi connectivity index (χ0v) is 17.6. The molecular weight excluding hydrogens is 398 g/mol. The van der Waals surface area contributed by atoms with E-state index in [0.29, 0.717) is 44.0 Å². The number of nitrogens with one attached hydrogen (secondary N) is 1. The molecule has 0 atom stereocenters. The number of carbonyl (C=O) groups excluding carboxylic acids is 3. The number of rotatable bonds is 6. The molecule has 2 amide bonds. The Balaban J connectivity index is 1.44. The number of benzene rings is 2. The van der Waals surface area contributed by atoms with Gasteiger partial charge in [0.2, 0.25) is 5.91 Å². The predicted molar refractivity (Wildman–Crippen MR) is 115 cm³/mol. The fraction of sp³-hybridized carbons (Fsp3) is 0.348. The second kappa shape index (κ2) is 11.1. The smallest absolute Gasteiger partial charge is 0.415 e. The first-order chi connectivity index (χ1) is 15.0. The zero-order chi connectivity index (χ0) is 22.1. The Morgan fingerprint density at radius 2 is 1.68 bits per heavy atom. The summed E-state index contributed by atoms with van der Waals surface area (Å²) in [5.74, 6) is -0.122. The van der Waals surface area contributed by atoms with Gasteiger partial charge in [0.25, 0.3) is 0 Å². The number of nitrogens with zero attached hydrogens (tertiary/aromatic N) is 2. The largest absolute Gasteiger partial charge is 0.465 e. The summed E-state index contributed by atoms with van der Waals surface area (Å²) in [6, 6.07) is 16.0. The molecule has 1 N–H and O–H groups in total. The van der Waals surface area contributed by atoms with E-state index in [4.69, 9.17) is 4.74 Å². The van der Waals surface area contributed by atoms with Crippen LogP contribution in [0.5, 0.6) is 5.75 Å². The van der Waals surface area contributed by atoms with Crippen LogP contribution in [0.2, 0.25) is 0 Å². The van der Waals surface area contributed by atoms with Gasteiger partial charge in [0.05, 0.1) is 19.2 Å². The minimum Gasteiger partial charge on any atom is -0.465 e. The predicted octanol–water partition coefficient (Wildman–Crippen LogP) is 2.30. The first kappa shape index (κ1) is 22.3. The monoisotopic (exact) mass is 425 g/mol. The molecule has 1 saturated heterocycles. The van der Waals surface area contributed by atoms with Gasteiger partial charge in [-0.05, 0) is 36.2 Å². The van der Waals surface area contributed by atoms with Crippen molar-refractivity contribution in [2.75, 3.05) is 39.8 Å². The zero-order valence-electron chi connectivity index (χ0n) is 17.6. The molecule has 0 aliphatic carbocycles. The van der Waals surface area contributed by atoms with Crippen LogP contribution in [0.25, 0.3) is 0 Å². The molecule has 1 aliphatic heterocycles. The Morgan fingerprint density at radius 1 is 0.935 bits per heavy atom. The molecule has 0 aromatic heterocycles. The van der Waals surface area contributed by atoms with Crippen LogP contribution in [0, 0.1) is 0 Å². The highest BCUT2D eigenvalue weighted by atomic mass is 16.6. The second-order valence-electron chi connectivity index (χ2n) is 7.26. The van der Waals surface area contributed by atoms with Gasteiger partial charge in [-0.3, -0.25) is 9.69 Å². The van der Waals surface area contributed by atoms with Gasteiger partial charge in [-0.2, -0.15) is 0 Å². The Bertz CT molecular complexity index is 886. The van der Waals surface area contributed by atoms with Gasteiger partial charge in [0.1, 0.15) is 5.75 Å². The van der Waals surface area contributed by atoms with E-state index in [-0.39, 0.29) is 5.91 Å². The van der Waals surface area contributed by atoms with Crippen molar-refractivity contribution in [2.45, 2.75) is 13.0 Å². The summed E-state index contributed by atoms with van der Waals surface area (Å²) in [5, 5.41) is 2.93. The summed E-state index contributed by atoms with van der Waals surface area (Å²) < 4.78 is 10.1. The van der Waals surface area contributed by atoms with Gasteiger partial charge in [-0.15, -0.1) is 0 Å². The molecule has 0 saturated carbocycles. The van der Waals surface area contributed by atoms with E-state index >= 15 is 0 Å². The Labute approximate surface area is 181 Å². The van der Waals surface area contributed by atoms with Gasteiger partial charge >= 0.3 is 12.1 Å². The van der Waals surface area contributed by atoms with Gasteiger partial charge in [0.15, 0.2) is 0 Å². The van der Waals surface area contributed by atoms with Crippen molar-refractivity contribution in [2.24, 2.45) is 0 Å². The lowest BCUT2D eigenvalue weighted by molar-refractivity contribution is -0.122. The maximum absolute atomic E-state index is 12.5. The van der Waals surface area contributed by atoms with Crippen molar-refractivity contribution < 1.29 is 23.9 Å². The Hall–Kier alpha value is -3.39. The van der Waals surface area contributed by atoms with E-state index < -0.39 is 12.1 Å². The fourth-order valence-corrected chi connectivity index (χ4v) is 3.31. The van der Waals surface area contributed by atoms with E-state index in [0.717, 1.165) is 18.5 Å². The molecule has 164 valence electrons. The van der Waals surface area contributed by atoms with Crippen molar-refractivity contribution >= 4 is 18.0 Å². The molecule has 8 heteroatoms. The molecule has 1 heterocycles. The molecule has 0 spiro atoms. The lowest BCUT2D eigenvalue weighted by Crippen LogP contribution is -2.40. The average molecular weight is 425 g/mol. The third-order valence-electron chi connectivity index (χ3n) is 5.03. The van der Waals surface area contributed by atoms with Crippen molar-refractivity contribution in [1.82, 2.24) is 15.1 Å². The van der Waals surface area contributed by atoms with E-state index in [1.807, 2.05) is 35.2 Å². The summed E-state index contributed by atoms with van der Waals surface area (Å²) in [6.07, 6.45) is 0.309.